The fourth-order valence-electron chi connectivity index (χ4n) is 2.72. The van der Waals surface area contributed by atoms with Crippen LogP contribution in [0.4, 0.5) is 10.1 Å². The topological polar surface area (TPSA) is 53.2 Å². The van der Waals surface area contributed by atoms with Gasteiger partial charge in [0.25, 0.3) is 0 Å². The van der Waals surface area contributed by atoms with Crippen LogP contribution < -0.4 is 16.0 Å². The van der Waals surface area contributed by atoms with E-state index in [0.717, 1.165) is 0 Å². The van der Waals surface area contributed by atoms with Crippen LogP contribution in [-0.2, 0) is 4.79 Å². The number of amides is 1. The lowest BCUT2D eigenvalue weighted by molar-refractivity contribution is -0.119. The maximum atomic E-state index is 14.2. The van der Waals surface area contributed by atoms with Gasteiger partial charge in [0.05, 0.1) is 6.04 Å². The molecule has 6 heteroatoms. The number of para-hydroxylation sites is 1. The Kier molecular flexibility index (Phi) is 4.57. The third-order valence-electron chi connectivity index (χ3n) is 3.83. The van der Waals surface area contributed by atoms with Gasteiger partial charge in [-0.05, 0) is 30.4 Å². The first-order valence-corrected chi connectivity index (χ1v) is 7.84. The number of rotatable bonds is 3. The van der Waals surface area contributed by atoms with Crippen LogP contribution in [0, 0.1) is 11.7 Å². The van der Waals surface area contributed by atoms with Gasteiger partial charge in [-0.2, -0.15) is 0 Å². The summed E-state index contributed by atoms with van der Waals surface area (Å²) in [5, 5.41) is 8.98. The minimum Gasteiger partial charge on any atom is -0.354 e. The highest BCUT2D eigenvalue weighted by Crippen LogP contribution is 2.31. The Balaban J connectivity index is 1.92. The van der Waals surface area contributed by atoms with Crippen molar-refractivity contribution in [3.05, 3.63) is 78.3 Å². The Morgan fingerprint density at radius 1 is 1.12 bits per heavy atom. The molecule has 2 unspecified atom stereocenters. The van der Waals surface area contributed by atoms with Crippen molar-refractivity contribution in [2.45, 2.75) is 6.04 Å². The highest BCUT2D eigenvalue weighted by Gasteiger charge is 2.37. The molecule has 122 valence electrons. The normalized spacial score (nSPS) is 20.0. The number of nitrogens with one attached hydrogen (secondary N) is 3. The number of carbonyl (C=O) groups is 1. The first-order valence-electron chi connectivity index (χ1n) is 7.43. The Morgan fingerprint density at radius 2 is 1.79 bits per heavy atom. The second kappa shape index (κ2) is 6.80. The molecule has 3 N–H and O–H groups in total. The Hall–Kier alpha value is -2.73. The average molecular weight is 341 g/mol. The van der Waals surface area contributed by atoms with Crippen LogP contribution in [0.2, 0.25) is 0 Å². The zero-order valence-electron chi connectivity index (χ0n) is 12.8. The molecule has 2 aromatic carbocycles. The minimum atomic E-state index is -0.714. The van der Waals surface area contributed by atoms with Crippen LogP contribution in [0.15, 0.2) is 66.9 Å². The molecule has 0 radical (unpaired) electrons. The van der Waals surface area contributed by atoms with E-state index < -0.39 is 17.8 Å². The van der Waals surface area contributed by atoms with Gasteiger partial charge in [0.15, 0.2) is 5.11 Å². The third-order valence-corrected chi connectivity index (χ3v) is 4.05. The number of thiocarbonyl (C=S) groups is 1. The van der Waals surface area contributed by atoms with Crippen molar-refractivity contribution in [3.8, 4) is 0 Å². The van der Waals surface area contributed by atoms with E-state index in [1.165, 1.54) is 6.07 Å². The summed E-state index contributed by atoms with van der Waals surface area (Å²) in [6.45, 7) is 3.89. The number of hydrogen-bond acceptors (Lipinski definition) is 2. The molecule has 0 bridgehead atoms. The van der Waals surface area contributed by atoms with E-state index in [2.05, 4.69) is 22.5 Å². The summed E-state index contributed by atoms with van der Waals surface area (Å²) in [6, 6.07) is 14.8. The van der Waals surface area contributed by atoms with E-state index >= 15 is 0 Å². The molecule has 0 saturated carbocycles. The SMILES string of the molecule is C=C1NC(=S)NC(c2ccccc2F)C1C(=O)Nc1ccccc1. The summed E-state index contributed by atoms with van der Waals surface area (Å²) in [5.41, 5.74) is 1.46. The first-order chi connectivity index (χ1) is 11.6. The largest absolute Gasteiger partial charge is 0.354 e. The van der Waals surface area contributed by atoms with Gasteiger partial charge in [-0.25, -0.2) is 4.39 Å². The molecule has 24 heavy (non-hydrogen) atoms. The van der Waals surface area contributed by atoms with E-state index in [9.17, 15) is 9.18 Å². The minimum absolute atomic E-state index is 0.290. The lowest BCUT2D eigenvalue weighted by atomic mass is 9.88. The van der Waals surface area contributed by atoms with Crippen molar-refractivity contribution in [2.75, 3.05) is 5.32 Å². The summed E-state index contributed by atoms with van der Waals surface area (Å²) in [4.78, 5) is 12.8. The maximum Gasteiger partial charge on any atom is 0.235 e. The summed E-state index contributed by atoms with van der Waals surface area (Å²) in [5.74, 6) is -1.40. The van der Waals surface area contributed by atoms with Gasteiger partial charge in [0, 0.05) is 16.9 Å². The van der Waals surface area contributed by atoms with Gasteiger partial charge in [-0.1, -0.05) is 43.0 Å². The van der Waals surface area contributed by atoms with Crippen LogP contribution in [-0.4, -0.2) is 11.0 Å². The molecule has 1 amide bonds. The van der Waals surface area contributed by atoms with Crippen LogP contribution in [0.3, 0.4) is 0 Å². The average Bonchev–Trinajstić information content (AvgIpc) is 2.55. The number of benzene rings is 2. The molecule has 0 spiro atoms. The van der Waals surface area contributed by atoms with Crippen LogP contribution in [0.1, 0.15) is 11.6 Å². The number of hydrogen-bond donors (Lipinski definition) is 3. The highest BCUT2D eigenvalue weighted by molar-refractivity contribution is 7.80. The van der Waals surface area contributed by atoms with E-state index in [0.29, 0.717) is 22.1 Å². The van der Waals surface area contributed by atoms with Crippen LogP contribution in [0.25, 0.3) is 0 Å². The molecular weight excluding hydrogens is 325 g/mol. The standard InChI is InChI=1S/C18H16FN3OS/c1-11-15(17(23)21-12-7-3-2-4-8-12)16(22-18(24)20-11)13-9-5-6-10-14(13)19/h2-10,15-16H,1H2,(H,21,23)(H2,20,22,24). The Bertz CT molecular complexity index is 794. The molecule has 1 saturated heterocycles. The Morgan fingerprint density at radius 3 is 2.50 bits per heavy atom. The van der Waals surface area contributed by atoms with Gasteiger partial charge in [0.2, 0.25) is 5.91 Å². The van der Waals surface area contributed by atoms with Crippen molar-refractivity contribution >= 4 is 28.9 Å². The zero-order valence-corrected chi connectivity index (χ0v) is 13.6. The van der Waals surface area contributed by atoms with Gasteiger partial charge in [0.1, 0.15) is 11.7 Å². The summed E-state index contributed by atoms with van der Waals surface area (Å²) in [6.07, 6.45) is 0. The van der Waals surface area contributed by atoms with Gasteiger partial charge in [-0.15, -0.1) is 0 Å². The quantitative estimate of drug-likeness (QED) is 0.751. The molecule has 1 fully saturated rings. The second-order valence-electron chi connectivity index (χ2n) is 5.46. The van der Waals surface area contributed by atoms with Crippen molar-refractivity contribution in [1.82, 2.24) is 10.6 Å². The molecule has 2 aromatic rings. The van der Waals surface area contributed by atoms with Gasteiger partial charge in [-0.3, -0.25) is 4.79 Å². The summed E-state index contributed by atoms with van der Waals surface area (Å²) in [7, 11) is 0. The third kappa shape index (κ3) is 3.28. The van der Waals surface area contributed by atoms with E-state index in [4.69, 9.17) is 12.2 Å². The second-order valence-corrected chi connectivity index (χ2v) is 5.86. The number of carbonyl (C=O) groups excluding carboxylic acids is 1. The summed E-state index contributed by atoms with van der Waals surface area (Å²) < 4.78 is 14.2. The molecule has 1 heterocycles. The monoisotopic (exact) mass is 341 g/mol. The predicted octanol–water partition coefficient (Wildman–Crippen LogP) is 3.11. The number of anilines is 1. The van der Waals surface area contributed by atoms with Crippen molar-refractivity contribution in [1.29, 1.82) is 0 Å². The van der Waals surface area contributed by atoms with Gasteiger partial charge < -0.3 is 16.0 Å². The van der Waals surface area contributed by atoms with Crippen LogP contribution in [0.5, 0.6) is 0 Å². The maximum absolute atomic E-state index is 14.2. The predicted molar refractivity (Wildman–Crippen MR) is 95.7 cm³/mol. The van der Waals surface area contributed by atoms with Crippen molar-refractivity contribution in [2.24, 2.45) is 5.92 Å². The van der Waals surface area contributed by atoms with Crippen LogP contribution >= 0.6 is 12.2 Å². The smallest absolute Gasteiger partial charge is 0.235 e. The fraction of sp³-hybridized carbons (Fsp3) is 0.111. The molecule has 0 aliphatic carbocycles. The molecular formula is C18H16FN3OS. The Labute approximate surface area is 144 Å². The molecule has 4 nitrogen and oxygen atoms in total. The first kappa shape index (κ1) is 16.1. The van der Waals surface area contributed by atoms with E-state index in [1.807, 2.05) is 18.2 Å². The summed E-state index contributed by atoms with van der Waals surface area (Å²) >= 11 is 5.14. The lowest BCUT2D eigenvalue weighted by Crippen LogP contribution is -2.51. The van der Waals surface area contributed by atoms with E-state index in [1.54, 1.807) is 30.3 Å². The lowest BCUT2D eigenvalue weighted by Gasteiger charge is -2.35. The molecule has 1 aliphatic rings. The molecule has 1 aliphatic heterocycles. The van der Waals surface area contributed by atoms with Crippen molar-refractivity contribution in [3.63, 3.8) is 0 Å². The van der Waals surface area contributed by atoms with E-state index in [-0.39, 0.29) is 5.91 Å². The highest BCUT2D eigenvalue weighted by atomic mass is 32.1. The molecule has 0 aromatic heterocycles. The molecule has 3 rings (SSSR count). The molecule has 2 atom stereocenters. The fourth-order valence-corrected chi connectivity index (χ4v) is 2.98. The van der Waals surface area contributed by atoms with Gasteiger partial charge >= 0.3 is 0 Å². The van der Waals surface area contributed by atoms with Crippen molar-refractivity contribution < 1.29 is 9.18 Å². The number of halogens is 1. The zero-order chi connectivity index (χ0) is 17.1.